The third kappa shape index (κ3) is 3.18. The smallest absolute Gasteiger partial charge is 0.407 e. The van der Waals surface area contributed by atoms with Crippen LogP contribution in [0.5, 0.6) is 0 Å². The van der Waals surface area contributed by atoms with Gasteiger partial charge >= 0.3 is 6.09 Å². The number of carbonyl (C=O) groups excluding carboxylic acids is 1. The first-order chi connectivity index (χ1) is 8.19. The van der Waals surface area contributed by atoms with Crippen molar-refractivity contribution in [2.24, 2.45) is 0 Å². The van der Waals surface area contributed by atoms with Crippen LogP contribution >= 0.6 is 0 Å². The molecule has 96 valence electrons. The summed E-state index contributed by atoms with van der Waals surface area (Å²) in [5.74, 6) is 0. The minimum atomic E-state index is -0.597. The maximum absolute atomic E-state index is 11.2. The number of aliphatic hydroxyl groups is 1. The van der Waals surface area contributed by atoms with Gasteiger partial charge in [0.2, 0.25) is 0 Å². The van der Waals surface area contributed by atoms with Gasteiger partial charge in [0.25, 0.3) is 0 Å². The van der Waals surface area contributed by atoms with Crippen molar-refractivity contribution in [3.8, 4) is 0 Å². The van der Waals surface area contributed by atoms with Crippen molar-refractivity contribution in [2.75, 3.05) is 13.8 Å². The number of ether oxygens (including phenoxy) is 3. The SMILES string of the molecule is CNC(=O)OC1C=CC(O)CC2OCOC2C1. The molecule has 0 spiro atoms. The van der Waals surface area contributed by atoms with Crippen LogP contribution in [0.3, 0.4) is 0 Å². The highest BCUT2D eigenvalue weighted by atomic mass is 16.7. The van der Waals surface area contributed by atoms with Crippen LogP contribution in [0.4, 0.5) is 4.79 Å². The Morgan fingerprint density at radius 2 is 2.06 bits per heavy atom. The Labute approximate surface area is 99.5 Å². The third-order valence-corrected chi connectivity index (χ3v) is 2.93. The number of fused-ring (bicyclic) bond motifs is 1. The molecule has 2 rings (SSSR count). The minimum absolute atomic E-state index is 0.134. The summed E-state index contributed by atoms with van der Waals surface area (Å²) in [6.45, 7) is 0.231. The third-order valence-electron chi connectivity index (χ3n) is 2.93. The van der Waals surface area contributed by atoms with Gasteiger partial charge in [0, 0.05) is 19.9 Å². The summed E-state index contributed by atoms with van der Waals surface area (Å²) in [5.41, 5.74) is 0. The molecule has 0 aromatic carbocycles. The summed E-state index contributed by atoms with van der Waals surface area (Å²) in [4.78, 5) is 11.2. The molecule has 1 heterocycles. The van der Waals surface area contributed by atoms with E-state index in [2.05, 4.69) is 5.32 Å². The van der Waals surface area contributed by atoms with Crippen molar-refractivity contribution in [2.45, 2.75) is 37.3 Å². The van der Waals surface area contributed by atoms with Gasteiger partial charge in [0.1, 0.15) is 12.9 Å². The van der Waals surface area contributed by atoms with Gasteiger partial charge in [-0.15, -0.1) is 0 Å². The molecule has 4 atom stereocenters. The van der Waals surface area contributed by atoms with Crippen LogP contribution in [0.1, 0.15) is 12.8 Å². The van der Waals surface area contributed by atoms with E-state index in [0.717, 1.165) is 0 Å². The Morgan fingerprint density at radius 1 is 1.35 bits per heavy atom. The lowest BCUT2D eigenvalue weighted by Gasteiger charge is -2.24. The van der Waals surface area contributed by atoms with E-state index >= 15 is 0 Å². The number of nitrogens with one attached hydrogen (secondary N) is 1. The Hall–Kier alpha value is -1.11. The molecule has 1 amide bonds. The Balaban J connectivity index is 2.02. The first-order valence-corrected chi connectivity index (χ1v) is 5.67. The standard InChI is InChI=1S/C11H17NO5/c1-12-11(14)17-8-3-2-7(13)4-9-10(5-8)16-6-15-9/h2-3,7-10,13H,4-6H2,1H3,(H,12,14). The molecule has 6 heteroatoms. The van der Waals surface area contributed by atoms with Crippen molar-refractivity contribution in [3.05, 3.63) is 12.2 Å². The van der Waals surface area contributed by atoms with E-state index in [4.69, 9.17) is 14.2 Å². The van der Waals surface area contributed by atoms with Crippen LogP contribution in [0.15, 0.2) is 12.2 Å². The van der Waals surface area contributed by atoms with Crippen molar-refractivity contribution in [1.82, 2.24) is 5.32 Å². The molecule has 0 aromatic rings. The van der Waals surface area contributed by atoms with E-state index < -0.39 is 18.3 Å². The lowest BCUT2D eigenvalue weighted by atomic mass is 9.97. The number of alkyl carbamates (subject to hydrolysis) is 1. The maximum Gasteiger partial charge on any atom is 0.407 e. The second-order valence-corrected chi connectivity index (χ2v) is 4.15. The maximum atomic E-state index is 11.2. The number of rotatable bonds is 1. The van der Waals surface area contributed by atoms with Gasteiger partial charge in [-0.1, -0.05) is 6.08 Å². The number of hydrogen-bond donors (Lipinski definition) is 2. The first kappa shape index (κ1) is 12.3. The number of carbonyl (C=O) groups is 1. The fourth-order valence-corrected chi connectivity index (χ4v) is 2.03. The van der Waals surface area contributed by atoms with Crippen molar-refractivity contribution in [3.63, 3.8) is 0 Å². The van der Waals surface area contributed by atoms with Crippen LogP contribution < -0.4 is 5.32 Å². The molecule has 0 bridgehead atoms. The molecule has 0 saturated carbocycles. The summed E-state index contributed by atoms with van der Waals surface area (Å²) in [6, 6.07) is 0. The molecule has 0 radical (unpaired) electrons. The predicted molar refractivity (Wildman–Crippen MR) is 58.3 cm³/mol. The summed E-state index contributed by atoms with van der Waals surface area (Å²) in [5, 5.41) is 12.1. The Kier molecular flexibility index (Phi) is 3.98. The highest BCUT2D eigenvalue weighted by molar-refractivity contribution is 5.67. The molecule has 2 N–H and O–H groups in total. The van der Waals surface area contributed by atoms with Crippen molar-refractivity contribution in [1.29, 1.82) is 0 Å². The van der Waals surface area contributed by atoms with Crippen molar-refractivity contribution < 1.29 is 24.1 Å². The monoisotopic (exact) mass is 243 g/mol. The molecule has 1 fully saturated rings. The zero-order valence-electron chi connectivity index (χ0n) is 9.67. The molecule has 2 aliphatic rings. The summed E-state index contributed by atoms with van der Waals surface area (Å²) < 4.78 is 15.9. The van der Waals surface area contributed by atoms with E-state index in [9.17, 15) is 9.90 Å². The van der Waals surface area contributed by atoms with Crippen molar-refractivity contribution >= 4 is 6.09 Å². The second-order valence-electron chi connectivity index (χ2n) is 4.15. The van der Waals surface area contributed by atoms with Crippen LogP contribution in [0, 0.1) is 0 Å². The van der Waals surface area contributed by atoms with E-state index in [-0.39, 0.29) is 19.0 Å². The molecule has 6 nitrogen and oxygen atoms in total. The van der Waals surface area contributed by atoms with E-state index in [1.165, 1.54) is 7.05 Å². The highest BCUT2D eigenvalue weighted by Crippen LogP contribution is 2.25. The summed E-state index contributed by atoms with van der Waals surface area (Å²) in [7, 11) is 1.50. The lowest BCUT2D eigenvalue weighted by molar-refractivity contribution is 0.0276. The van der Waals surface area contributed by atoms with E-state index in [0.29, 0.717) is 12.8 Å². The second kappa shape index (κ2) is 5.48. The molecule has 1 saturated heterocycles. The van der Waals surface area contributed by atoms with Crippen LogP contribution in [0.25, 0.3) is 0 Å². The Morgan fingerprint density at radius 3 is 2.76 bits per heavy atom. The molecule has 17 heavy (non-hydrogen) atoms. The van der Waals surface area contributed by atoms with Crippen LogP contribution in [0.2, 0.25) is 0 Å². The zero-order valence-corrected chi connectivity index (χ0v) is 9.67. The average molecular weight is 243 g/mol. The molecular weight excluding hydrogens is 226 g/mol. The average Bonchev–Trinajstić information content (AvgIpc) is 2.70. The minimum Gasteiger partial charge on any atom is -0.442 e. The van der Waals surface area contributed by atoms with Gasteiger partial charge in [-0.3, -0.25) is 0 Å². The molecule has 1 aliphatic heterocycles. The molecule has 1 aliphatic carbocycles. The van der Waals surface area contributed by atoms with Crippen LogP contribution in [-0.4, -0.2) is 49.5 Å². The molecular formula is C11H17NO5. The highest BCUT2D eigenvalue weighted by Gasteiger charge is 2.34. The molecule has 4 unspecified atom stereocenters. The molecule has 0 aromatic heterocycles. The quantitative estimate of drug-likeness (QED) is 0.642. The normalized spacial score (nSPS) is 36.8. The fraction of sp³-hybridized carbons (Fsp3) is 0.727. The lowest BCUT2D eigenvalue weighted by Crippen LogP contribution is -2.35. The van der Waals surface area contributed by atoms with E-state index in [1.54, 1.807) is 12.2 Å². The fourth-order valence-electron chi connectivity index (χ4n) is 2.03. The summed E-state index contributed by atoms with van der Waals surface area (Å²) >= 11 is 0. The number of amides is 1. The van der Waals surface area contributed by atoms with Gasteiger partial charge in [0.05, 0.1) is 18.3 Å². The number of aliphatic hydroxyl groups excluding tert-OH is 1. The largest absolute Gasteiger partial charge is 0.442 e. The topological polar surface area (TPSA) is 77.0 Å². The first-order valence-electron chi connectivity index (χ1n) is 5.67. The van der Waals surface area contributed by atoms with Gasteiger partial charge in [0.15, 0.2) is 0 Å². The van der Waals surface area contributed by atoms with Gasteiger partial charge in [-0.2, -0.15) is 0 Å². The van der Waals surface area contributed by atoms with Gasteiger partial charge in [-0.05, 0) is 6.08 Å². The van der Waals surface area contributed by atoms with Gasteiger partial charge < -0.3 is 24.6 Å². The van der Waals surface area contributed by atoms with Crippen LogP contribution in [-0.2, 0) is 14.2 Å². The van der Waals surface area contributed by atoms with E-state index in [1.807, 2.05) is 0 Å². The van der Waals surface area contributed by atoms with Gasteiger partial charge in [-0.25, -0.2) is 4.79 Å². The Bertz CT molecular complexity index is 306. The number of hydrogen-bond acceptors (Lipinski definition) is 5. The zero-order chi connectivity index (χ0) is 12.3. The predicted octanol–water partition coefficient (Wildman–Crippen LogP) is 0.163. The summed E-state index contributed by atoms with van der Waals surface area (Å²) in [6.07, 6.45) is 2.61.